The van der Waals surface area contributed by atoms with E-state index in [4.69, 9.17) is 13.6 Å². The van der Waals surface area contributed by atoms with Crippen LogP contribution >= 0.6 is 0 Å². The van der Waals surface area contributed by atoms with Gasteiger partial charge in [-0.25, -0.2) is 4.79 Å². The fourth-order valence-electron chi connectivity index (χ4n) is 2.80. The second-order valence-corrected chi connectivity index (χ2v) is 6.22. The highest BCUT2D eigenvalue weighted by Crippen LogP contribution is 2.23. The molecule has 0 saturated heterocycles. The first-order chi connectivity index (χ1) is 12.2. The summed E-state index contributed by atoms with van der Waals surface area (Å²) in [7, 11) is 0. The first kappa shape index (κ1) is 17.1. The molecule has 25 heavy (non-hydrogen) atoms. The smallest absolute Gasteiger partial charge is 0.334 e. The molecule has 0 radical (unpaired) electrons. The van der Waals surface area contributed by atoms with Crippen molar-refractivity contribution in [2.24, 2.45) is 0 Å². The maximum absolute atomic E-state index is 12.0. The Balaban J connectivity index is 1.47. The fraction of sp³-hybridized carbons (Fsp3) is 0.286. The molecule has 0 N–H and O–H groups in total. The van der Waals surface area contributed by atoms with Crippen molar-refractivity contribution in [3.05, 3.63) is 77.7 Å². The van der Waals surface area contributed by atoms with Crippen LogP contribution in [0.3, 0.4) is 0 Å². The summed E-state index contributed by atoms with van der Waals surface area (Å²) in [6, 6.07) is 3.85. The molecular weight excluding hydrogens is 316 g/mol. The zero-order valence-electron chi connectivity index (χ0n) is 14.3. The Morgan fingerprint density at radius 2 is 2.04 bits per heavy atom. The molecule has 0 saturated carbocycles. The number of aryl methyl sites for hydroxylation is 1. The minimum Gasteiger partial charge on any atom is -0.472 e. The second-order valence-electron chi connectivity index (χ2n) is 6.22. The lowest BCUT2D eigenvalue weighted by Crippen LogP contribution is -2.08. The van der Waals surface area contributed by atoms with Gasteiger partial charge in [0, 0.05) is 17.6 Å². The highest BCUT2D eigenvalue weighted by atomic mass is 16.5. The summed E-state index contributed by atoms with van der Waals surface area (Å²) in [5, 5.41) is 0. The largest absolute Gasteiger partial charge is 0.472 e. The SMILES string of the molecule is C/C(=C\CCc1ccoc1)C[C@H]1C=C(C/C=C/c2ccoc2)C(=O)O1. The zero-order valence-corrected chi connectivity index (χ0v) is 14.3. The molecule has 0 bridgehead atoms. The third-order valence-electron chi connectivity index (χ3n) is 4.13. The minimum atomic E-state index is -0.215. The Hall–Kier alpha value is -2.75. The average Bonchev–Trinajstić information content (AvgIpc) is 3.31. The third kappa shape index (κ3) is 5.11. The van der Waals surface area contributed by atoms with Crippen molar-refractivity contribution in [2.45, 2.75) is 38.7 Å². The van der Waals surface area contributed by atoms with Gasteiger partial charge in [0.2, 0.25) is 0 Å². The quantitative estimate of drug-likeness (QED) is 0.496. The number of cyclic esters (lactones) is 1. The number of esters is 1. The molecule has 0 unspecified atom stereocenters. The Bertz CT molecular complexity index is 761. The summed E-state index contributed by atoms with van der Waals surface area (Å²) in [5.74, 6) is -0.215. The molecule has 2 aromatic rings. The predicted octanol–water partition coefficient (Wildman–Crippen LogP) is 5.10. The normalized spacial score (nSPS) is 18.0. The van der Waals surface area contributed by atoms with Crippen molar-refractivity contribution in [1.29, 1.82) is 0 Å². The van der Waals surface area contributed by atoms with E-state index in [1.54, 1.807) is 25.1 Å². The van der Waals surface area contributed by atoms with Crippen LogP contribution in [0, 0.1) is 0 Å². The van der Waals surface area contributed by atoms with Gasteiger partial charge in [-0.15, -0.1) is 0 Å². The number of carbonyl (C=O) groups is 1. The van der Waals surface area contributed by atoms with Gasteiger partial charge in [0.05, 0.1) is 25.1 Å². The average molecular weight is 338 g/mol. The molecule has 0 aromatic carbocycles. The lowest BCUT2D eigenvalue weighted by molar-refractivity contribution is -0.139. The molecule has 0 fully saturated rings. The molecule has 1 aliphatic heterocycles. The van der Waals surface area contributed by atoms with Crippen LogP contribution in [0.4, 0.5) is 0 Å². The van der Waals surface area contributed by atoms with E-state index >= 15 is 0 Å². The van der Waals surface area contributed by atoms with E-state index in [0.717, 1.165) is 30.4 Å². The van der Waals surface area contributed by atoms with Gasteiger partial charge in [0.25, 0.3) is 0 Å². The van der Waals surface area contributed by atoms with Gasteiger partial charge in [0.15, 0.2) is 0 Å². The van der Waals surface area contributed by atoms with Crippen molar-refractivity contribution in [3.8, 4) is 0 Å². The highest BCUT2D eigenvalue weighted by Gasteiger charge is 2.24. The summed E-state index contributed by atoms with van der Waals surface area (Å²) >= 11 is 0. The summed E-state index contributed by atoms with van der Waals surface area (Å²) < 4.78 is 15.5. The third-order valence-corrected chi connectivity index (χ3v) is 4.13. The number of furan rings is 2. The van der Waals surface area contributed by atoms with Gasteiger partial charge < -0.3 is 13.6 Å². The first-order valence-electron chi connectivity index (χ1n) is 8.48. The lowest BCUT2D eigenvalue weighted by atomic mass is 10.1. The molecule has 0 aliphatic carbocycles. The number of rotatable bonds is 8. The van der Waals surface area contributed by atoms with Crippen molar-refractivity contribution >= 4 is 12.0 Å². The summed E-state index contributed by atoms with van der Waals surface area (Å²) in [6.45, 7) is 2.08. The second kappa shape index (κ2) is 8.38. The minimum absolute atomic E-state index is 0.157. The van der Waals surface area contributed by atoms with E-state index in [-0.39, 0.29) is 12.1 Å². The lowest BCUT2D eigenvalue weighted by Gasteiger charge is -2.08. The van der Waals surface area contributed by atoms with E-state index in [9.17, 15) is 4.79 Å². The van der Waals surface area contributed by atoms with Crippen molar-refractivity contribution < 1.29 is 18.4 Å². The van der Waals surface area contributed by atoms with Crippen molar-refractivity contribution in [1.82, 2.24) is 0 Å². The maximum Gasteiger partial charge on any atom is 0.334 e. The molecule has 4 heteroatoms. The Morgan fingerprint density at radius 1 is 1.20 bits per heavy atom. The Morgan fingerprint density at radius 3 is 2.80 bits per heavy atom. The fourth-order valence-corrected chi connectivity index (χ4v) is 2.80. The van der Waals surface area contributed by atoms with Crippen molar-refractivity contribution in [2.75, 3.05) is 0 Å². The molecule has 4 nitrogen and oxygen atoms in total. The van der Waals surface area contributed by atoms with Crippen LogP contribution < -0.4 is 0 Å². The van der Waals surface area contributed by atoms with Crippen LogP contribution in [0.25, 0.3) is 6.08 Å². The molecule has 0 spiro atoms. The Labute approximate surface area is 147 Å². The van der Waals surface area contributed by atoms with E-state index in [1.807, 2.05) is 30.4 Å². The number of ether oxygens (including phenoxy) is 1. The van der Waals surface area contributed by atoms with Crippen LogP contribution in [-0.2, 0) is 16.0 Å². The predicted molar refractivity (Wildman–Crippen MR) is 95.7 cm³/mol. The monoisotopic (exact) mass is 338 g/mol. The summed E-state index contributed by atoms with van der Waals surface area (Å²) in [5.41, 5.74) is 4.13. The van der Waals surface area contributed by atoms with Gasteiger partial charge in [-0.3, -0.25) is 0 Å². The highest BCUT2D eigenvalue weighted by molar-refractivity contribution is 5.91. The molecular formula is C21H22O4. The standard InChI is InChI=1S/C21H22O4/c1-16(4-2-5-17-8-10-23-14-17)12-20-13-19(21(22)25-20)7-3-6-18-9-11-24-15-18/h3-4,6,8-11,13-15,20H,2,5,7,12H2,1H3/b6-3+,16-4+/t20-/m0/s1. The van der Waals surface area contributed by atoms with E-state index in [0.29, 0.717) is 6.42 Å². The van der Waals surface area contributed by atoms with Crippen LogP contribution in [0.5, 0.6) is 0 Å². The van der Waals surface area contributed by atoms with E-state index in [1.165, 1.54) is 11.1 Å². The topological polar surface area (TPSA) is 52.6 Å². The molecule has 0 amide bonds. The van der Waals surface area contributed by atoms with Crippen LogP contribution in [-0.4, -0.2) is 12.1 Å². The molecule has 1 atom stereocenters. The van der Waals surface area contributed by atoms with Crippen molar-refractivity contribution in [3.63, 3.8) is 0 Å². The summed E-state index contributed by atoms with van der Waals surface area (Å²) in [4.78, 5) is 12.0. The molecule has 3 heterocycles. The molecule has 130 valence electrons. The summed E-state index contributed by atoms with van der Waals surface area (Å²) in [6.07, 6.45) is 17.9. The Kier molecular flexibility index (Phi) is 5.73. The number of hydrogen-bond donors (Lipinski definition) is 0. The van der Waals surface area contributed by atoms with Crippen LogP contribution in [0.1, 0.15) is 37.3 Å². The number of carbonyl (C=O) groups excluding carboxylic acids is 1. The maximum atomic E-state index is 12.0. The first-order valence-corrected chi connectivity index (χ1v) is 8.48. The van der Waals surface area contributed by atoms with Gasteiger partial charge in [-0.05, 0) is 50.0 Å². The molecule has 3 rings (SSSR count). The van der Waals surface area contributed by atoms with Gasteiger partial charge in [-0.2, -0.15) is 0 Å². The number of hydrogen-bond acceptors (Lipinski definition) is 4. The van der Waals surface area contributed by atoms with Crippen LogP contribution in [0.15, 0.2) is 75.4 Å². The van der Waals surface area contributed by atoms with E-state index in [2.05, 4.69) is 13.0 Å². The number of allylic oxidation sites excluding steroid dienone is 2. The molecule has 2 aromatic heterocycles. The van der Waals surface area contributed by atoms with Gasteiger partial charge in [0.1, 0.15) is 6.10 Å². The van der Waals surface area contributed by atoms with Gasteiger partial charge in [-0.1, -0.05) is 23.8 Å². The zero-order chi connectivity index (χ0) is 17.5. The molecule has 1 aliphatic rings. The van der Waals surface area contributed by atoms with Crippen LogP contribution in [0.2, 0.25) is 0 Å². The van der Waals surface area contributed by atoms with Gasteiger partial charge >= 0.3 is 5.97 Å². The van der Waals surface area contributed by atoms with E-state index < -0.39 is 0 Å².